The van der Waals surface area contributed by atoms with Crippen molar-refractivity contribution in [3.8, 4) is 5.75 Å². The molecule has 28 heavy (non-hydrogen) atoms. The Balaban J connectivity index is 1.82. The van der Waals surface area contributed by atoms with Crippen LogP contribution in [0, 0.1) is 11.6 Å². The minimum absolute atomic E-state index is 0.0525. The maximum atomic E-state index is 13.3. The predicted molar refractivity (Wildman–Crippen MR) is 102 cm³/mol. The van der Waals surface area contributed by atoms with Gasteiger partial charge in [-0.1, -0.05) is 12.1 Å². The number of carbonyl (C=O) groups is 2. The van der Waals surface area contributed by atoms with Crippen LogP contribution in [0.15, 0.2) is 42.5 Å². The van der Waals surface area contributed by atoms with Crippen LogP contribution in [0.1, 0.15) is 18.5 Å². The summed E-state index contributed by atoms with van der Waals surface area (Å²) in [6.45, 7) is 1.55. The van der Waals surface area contributed by atoms with Crippen molar-refractivity contribution in [2.75, 3.05) is 32.6 Å². The topological polar surface area (TPSA) is 70.7 Å². The van der Waals surface area contributed by atoms with E-state index >= 15 is 0 Å². The number of rotatable bonds is 8. The molecular formula is C20H23F2N3O3. The van der Waals surface area contributed by atoms with E-state index in [0.717, 1.165) is 12.1 Å². The van der Waals surface area contributed by atoms with Gasteiger partial charge >= 0.3 is 0 Å². The number of nitrogens with one attached hydrogen (secondary N) is 2. The zero-order chi connectivity index (χ0) is 20.7. The molecule has 2 amide bonds. The van der Waals surface area contributed by atoms with Gasteiger partial charge in [0.05, 0.1) is 20.2 Å². The summed E-state index contributed by atoms with van der Waals surface area (Å²) in [6.07, 6.45) is 0. The van der Waals surface area contributed by atoms with E-state index in [-0.39, 0.29) is 30.9 Å². The lowest BCUT2D eigenvalue weighted by Crippen LogP contribution is -2.40. The number of anilines is 1. The molecule has 6 nitrogen and oxygen atoms in total. The molecule has 0 aliphatic heterocycles. The molecule has 1 atom stereocenters. The number of amides is 2. The van der Waals surface area contributed by atoms with E-state index in [2.05, 4.69) is 10.6 Å². The molecule has 0 saturated heterocycles. The lowest BCUT2D eigenvalue weighted by atomic mass is 10.1. The van der Waals surface area contributed by atoms with Crippen LogP contribution in [-0.2, 0) is 9.59 Å². The van der Waals surface area contributed by atoms with Crippen molar-refractivity contribution >= 4 is 17.5 Å². The SMILES string of the molecule is COc1cccc(NC(=O)CN(C)C(=O)CN[C@@H](C)c2ccc(F)c(F)c2)c1. The van der Waals surface area contributed by atoms with Crippen LogP contribution in [0.3, 0.4) is 0 Å². The normalized spacial score (nSPS) is 11.6. The van der Waals surface area contributed by atoms with Gasteiger partial charge in [-0.05, 0) is 36.8 Å². The van der Waals surface area contributed by atoms with Gasteiger partial charge in [-0.2, -0.15) is 0 Å². The number of hydrogen-bond acceptors (Lipinski definition) is 4. The van der Waals surface area contributed by atoms with Crippen molar-refractivity contribution in [3.63, 3.8) is 0 Å². The molecular weight excluding hydrogens is 368 g/mol. The van der Waals surface area contributed by atoms with E-state index in [0.29, 0.717) is 17.0 Å². The number of halogens is 2. The zero-order valence-electron chi connectivity index (χ0n) is 16.0. The minimum atomic E-state index is -0.941. The highest BCUT2D eigenvalue weighted by Crippen LogP contribution is 2.17. The molecule has 2 aromatic rings. The largest absolute Gasteiger partial charge is 0.497 e. The van der Waals surface area contributed by atoms with Gasteiger partial charge in [-0.3, -0.25) is 9.59 Å². The average Bonchev–Trinajstić information content (AvgIpc) is 2.67. The Morgan fingerprint density at radius 3 is 2.57 bits per heavy atom. The lowest BCUT2D eigenvalue weighted by Gasteiger charge is -2.19. The average molecular weight is 391 g/mol. The van der Waals surface area contributed by atoms with Crippen LogP contribution < -0.4 is 15.4 Å². The van der Waals surface area contributed by atoms with Crippen LogP contribution in [-0.4, -0.2) is 44.0 Å². The maximum absolute atomic E-state index is 13.3. The Morgan fingerprint density at radius 2 is 1.89 bits per heavy atom. The van der Waals surface area contributed by atoms with E-state index in [9.17, 15) is 18.4 Å². The van der Waals surface area contributed by atoms with Gasteiger partial charge in [-0.15, -0.1) is 0 Å². The van der Waals surface area contributed by atoms with Crippen LogP contribution >= 0.6 is 0 Å². The third-order valence-electron chi connectivity index (χ3n) is 4.16. The van der Waals surface area contributed by atoms with Crippen molar-refractivity contribution in [1.29, 1.82) is 0 Å². The van der Waals surface area contributed by atoms with Crippen molar-refractivity contribution in [3.05, 3.63) is 59.7 Å². The molecule has 2 N–H and O–H groups in total. The van der Waals surface area contributed by atoms with Gasteiger partial charge in [0.25, 0.3) is 0 Å². The summed E-state index contributed by atoms with van der Waals surface area (Å²) in [5.41, 5.74) is 1.08. The van der Waals surface area contributed by atoms with Gasteiger partial charge in [-0.25, -0.2) is 8.78 Å². The molecule has 0 unspecified atom stereocenters. The molecule has 0 aromatic heterocycles. The van der Waals surface area contributed by atoms with Crippen LogP contribution in [0.4, 0.5) is 14.5 Å². The molecule has 0 heterocycles. The molecule has 0 saturated carbocycles. The maximum Gasteiger partial charge on any atom is 0.243 e. The molecule has 150 valence electrons. The van der Waals surface area contributed by atoms with Gasteiger partial charge in [0, 0.05) is 24.8 Å². The first kappa shape index (κ1) is 21.3. The number of hydrogen-bond donors (Lipinski definition) is 2. The summed E-state index contributed by atoms with van der Waals surface area (Å²) in [5, 5.41) is 5.63. The van der Waals surface area contributed by atoms with Crippen LogP contribution in [0.5, 0.6) is 5.75 Å². The number of ether oxygens (including phenoxy) is 1. The molecule has 2 rings (SSSR count). The Labute approximate surface area is 162 Å². The molecule has 0 spiro atoms. The molecule has 0 bridgehead atoms. The minimum Gasteiger partial charge on any atom is -0.497 e. The number of carbonyl (C=O) groups excluding carboxylic acids is 2. The summed E-state index contributed by atoms with van der Waals surface area (Å²) in [7, 11) is 3.04. The number of benzene rings is 2. The summed E-state index contributed by atoms with van der Waals surface area (Å²) in [5.74, 6) is -1.91. The fourth-order valence-corrected chi connectivity index (χ4v) is 2.48. The summed E-state index contributed by atoms with van der Waals surface area (Å²) in [4.78, 5) is 25.6. The quantitative estimate of drug-likeness (QED) is 0.726. The fourth-order valence-electron chi connectivity index (χ4n) is 2.48. The Kier molecular flexibility index (Phi) is 7.45. The third-order valence-corrected chi connectivity index (χ3v) is 4.16. The van der Waals surface area contributed by atoms with Crippen molar-refractivity contribution in [2.24, 2.45) is 0 Å². The highest BCUT2D eigenvalue weighted by molar-refractivity contribution is 5.94. The van der Waals surface area contributed by atoms with E-state index in [1.54, 1.807) is 31.2 Å². The van der Waals surface area contributed by atoms with Gasteiger partial charge in [0.2, 0.25) is 11.8 Å². The van der Waals surface area contributed by atoms with Gasteiger partial charge in [0.15, 0.2) is 11.6 Å². The number of methoxy groups -OCH3 is 1. The molecule has 0 aliphatic carbocycles. The highest BCUT2D eigenvalue weighted by Gasteiger charge is 2.15. The smallest absolute Gasteiger partial charge is 0.243 e. The van der Waals surface area contributed by atoms with E-state index < -0.39 is 11.6 Å². The Morgan fingerprint density at radius 1 is 1.14 bits per heavy atom. The summed E-state index contributed by atoms with van der Waals surface area (Å²) < 4.78 is 31.4. The Bertz CT molecular complexity index is 845. The first-order valence-corrected chi connectivity index (χ1v) is 8.66. The first-order chi connectivity index (χ1) is 13.3. The second kappa shape index (κ2) is 9.80. The van der Waals surface area contributed by atoms with E-state index in [4.69, 9.17) is 4.74 Å². The lowest BCUT2D eigenvalue weighted by molar-refractivity contribution is -0.132. The van der Waals surface area contributed by atoms with Crippen molar-refractivity contribution < 1.29 is 23.1 Å². The number of nitrogens with zero attached hydrogens (tertiary/aromatic N) is 1. The molecule has 0 radical (unpaired) electrons. The van der Waals surface area contributed by atoms with E-state index in [1.807, 2.05) is 0 Å². The van der Waals surface area contributed by atoms with E-state index in [1.165, 1.54) is 25.1 Å². The molecule has 0 fully saturated rings. The van der Waals surface area contributed by atoms with Gasteiger partial charge < -0.3 is 20.3 Å². The van der Waals surface area contributed by atoms with Gasteiger partial charge in [0.1, 0.15) is 5.75 Å². The molecule has 0 aliphatic rings. The Hall–Kier alpha value is -3.00. The van der Waals surface area contributed by atoms with Crippen molar-refractivity contribution in [1.82, 2.24) is 10.2 Å². The van der Waals surface area contributed by atoms with Crippen LogP contribution in [0.25, 0.3) is 0 Å². The number of likely N-dealkylation sites (N-methyl/N-ethyl adjacent to an activating group) is 1. The first-order valence-electron chi connectivity index (χ1n) is 8.66. The standard InChI is InChI=1S/C20H23F2N3O3/c1-13(14-7-8-17(21)18(22)9-14)23-11-20(27)25(2)12-19(26)24-15-5-4-6-16(10-15)28-3/h4-10,13,23H,11-12H2,1-3H3,(H,24,26)/t13-/m0/s1. The summed E-state index contributed by atoms with van der Waals surface area (Å²) >= 11 is 0. The molecule has 2 aromatic carbocycles. The zero-order valence-corrected chi connectivity index (χ0v) is 16.0. The second-order valence-electron chi connectivity index (χ2n) is 6.31. The predicted octanol–water partition coefficient (Wildman–Crippen LogP) is 2.72. The summed E-state index contributed by atoms with van der Waals surface area (Å²) in [6, 6.07) is 10.1. The molecule has 8 heteroatoms. The fraction of sp³-hybridized carbons (Fsp3) is 0.300. The second-order valence-corrected chi connectivity index (χ2v) is 6.31. The highest BCUT2D eigenvalue weighted by atomic mass is 19.2. The monoisotopic (exact) mass is 391 g/mol. The van der Waals surface area contributed by atoms with Crippen molar-refractivity contribution in [2.45, 2.75) is 13.0 Å². The third kappa shape index (κ3) is 6.02. The van der Waals surface area contributed by atoms with Crippen LogP contribution in [0.2, 0.25) is 0 Å².